The number of carbonyl (C=O) groups is 1. The van der Waals surface area contributed by atoms with E-state index in [1.54, 1.807) is 36.4 Å². The van der Waals surface area contributed by atoms with E-state index in [1.165, 1.54) is 24.6 Å². The number of hydrogen-bond donors (Lipinski definition) is 1. The van der Waals surface area contributed by atoms with Gasteiger partial charge in [0.25, 0.3) is 10.0 Å². The summed E-state index contributed by atoms with van der Waals surface area (Å²) in [7, 11) is -3.94. The van der Waals surface area contributed by atoms with Crippen LogP contribution in [0.1, 0.15) is 18.4 Å². The van der Waals surface area contributed by atoms with Crippen molar-refractivity contribution < 1.29 is 13.2 Å². The third-order valence-corrected chi connectivity index (χ3v) is 8.41. The smallest absolute Gasteiger partial charge is 0.264 e. The van der Waals surface area contributed by atoms with Gasteiger partial charge in [0.1, 0.15) is 6.54 Å². The maximum absolute atomic E-state index is 13.5. The van der Waals surface area contributed by atoms with Gasteiger partial charge in [-0.15, -0.1) is 11.8 Å². The molecule has 1 saturated heterocycles. The fourth-order valence-corrected chi connectivity index (χ4v) is 5.79. The van der Waals surface area contributed by atoms with Crippen molar-refractivity contribution in [2.45, 2.75) is 29.6 Å². The van der Waals surface area contributed by atoms with Crippen LogP contribution in [-0.2, 0) is 14.8 Å². The highest BCUT2D eigenvalue weighted by molar-refractivity contribution is 7.98. The lowest BCUT2D eigenvalue weighted by atomic mass is 10.2. The van der Waals surface area contributed by atoms with E-state index in [2.05, 4.69) is 10.2 Å². The maximum Gasteiger partial charge on any atom is 0.264 e. The number of carbonyl (C=O) groups excluding carboxylic acids is 1. The van der Waals surface area contributed by atoms with Gasteiger partial charge in [0.2, 0.25) is 5.91 Å². The largest absolute Gasteiger partial charge is 0.372 e. The number of nitrogens with one attached hydrogen (secondary N) is 1. The Labute approximate surface area is 206 Å². The molecule has 0 unspecified atom stereocenters. The molecule has 0 saturated carbocycles. The SMILES string of the molecule is CSc1ccc(S(=O)(=O)N(CC(=O)Nc2ccc(N3CCCC3)cc2)c2ccc(C)cc2)cc1. The standard InChI is InChI=1S/C26H29N3O3S2/c1-20-5-9-23(10-6-20)29(34(31,32)25-15-13-24(33-2)14-16-25)19-26(30)27-21-7-11-22(12-8-21)28-17-3-4-18-28/h5-16H,3-4,17-19H2,1-2H3,(H,27,30). The molecule has 4 rings (SSSR count). The third kappa shape index (κ3) is 5.56. The van der Waals surface area contributed by atoms with Crippen LogP contribution in [0.2, 0.25) is 0 Å². The molecule has 0 atom stereocenters. The molecule has 1 heterocycles. The van der Waals surface area contributed by atoms with Crippen LogP contribution in [0.4, 0.5) is 17.1 Å². The van der Waals surface area contributed by atoms with Crippen molar-refractivity contribution in [1.29, 1.82) is 0 Å². The predicted molar refractivity (Wildman–Crippen MR) is 140 cm³/mol. The van der Waals surface area contributed by atoms with Crippen LogP contribution in [0, 0.1) is 6.92 Å². The van der Waals surface area contributed by atoms with Crippen molar-refractivity contribution in [3.8, 4) is 0 Å². The van der Waals surface area contributed by atoms with E-state index in [-0.39, 0.29) is 11.4 Å². The lowest BCUT2D eigenvalue weighted by molar-refractivity contribution is -0.114. The number of sulfonamides is 1. The Bertz CT molecular complexity index is 1220. The van der Waals surface area contributed by atoms with Crippen LogP contribution in [0.15, 0.2) is 82.6 Å². The van der Waals surface area contributed by atoms with E-state index in [1.807, 2.05) is 49.6 Å². The van der Waals surface area contributed by atoms with Crippen molar-refractivity contribution in [1.82, 2.24) is 0 Å². The van der Waals surface area contributed by atoms with Gasteiger partial charge in [0.15, 0.2) is 0 Å². The summed E-state index contributed by atoms with van der Waals surface area (Å²) >= 11 is 1.54. The summed E-state index contributed by atoms with van der Waals surface area (Å²) in [5.41, 5.74) is 3.22. The topological polar surface area (TPSA) is 69.7 Å². The van der Waals surface area contributed by atoms with Gasteiger partial charge in [-0.05, 0) is 86.7 Å². The summed E-state index contributed by atoms with van der Waals surface area (Å²) in [5.74, 6) is -0.404. The van der Waals surface area contributed by atoms with E-state index >= 15 is 0 Å². The summed E-state index contributed by atoms with van der Waals surface area (Å²) in [5, 5.41) is 2.85. The van der Waals surface area contributed by atoms with E-state index in [4.69, 9.17) is 0 Å². The first-order chi connectivity index (χ1) is 16.4. The molecule has 3 aromatic rings. The fraction of sp³-hybridized carbons (Fsp3) is 0.269. The van der Waals surface area contributed by atoms with Crippen molar-refractivity contribution in [3.05, 3.63) is 78.4 Å². The quantitative estimate of drug-likeness (QED) is 0.438. The predicted octanol–water partition coefficient (Wildman–Crippen LogP) is 5.15. The zero-order valence-electron chi connectivity index (χ0n) is 19.4. The highest BCUT2D eigenvalue weighted by Crippen LogP contribution is 2.26. The molecule has 178 valence electrons. The monoisotopic (exact) mass is 495 g/mol. The number of rotatable bonds is 8. The van der Waals surface area contributed by atoms with Gasteiger partial charge in [-0.1, -0.05) is 17.7 Å². The second-order valence-electron chi connectivity index (χ2n) is 8.31. The molecule has 1 N–H and O–H groups in total. The first-order valence-corrected chi connectivity index (χ1v) is 13.9. The molecule has 0 aromatic heterocycles. The van der Waals surface area contributed by atoms with Crippen molar-refractivity contribution in [2.75, 3.05) is 40.4 Å². The Kier molecular flexibility index (Phi) is 7.48. The minimum absolute atomic E-state index is 0.147. The lowest BCUT2D eigenvalue weighted by Gasteiger charge is -2.24. The van der Waals surface area contributed by atoms with Gasteiger partial charge in [0.05, 0.1) is 10.6 Å². The van der Waals surface area contributed by atoms with Crippen LogP contribution in [0.25, 0.3) is 0 Å². The van der Waals surface area contributed by atoms with Gasteiger partial charge in [-0.25, -0.2) is 8.42 Å². The Hall–Kier alpha value is -2.97. The zero-order chi connectivity index (χ0) is 24.1. The van der Waals surface area contributed by atoms with Gasteiger partial charge >= 0.3 is 0 Å². The second-order valence-corrected chi connectivity index (χ2v) is 11.1. The second kappa shape index (κ2) is 10.5. The molecule has 0 spiro atoms. The Morgan fingerprint density at radius 3 is 2.15 bits per heavy atom. The van der Waals surface area contributed by atoms with E-state index in [9.17, 15) is 13.2 Å². The molecule has 8 heteroatoms. The first kappa shape index (κ1) is 24.2. The summed E-state index contributed by atoms with van der Waals surface area (Å²) in [6, 6.07) is 21.5. The fourth-order valence-electron chi connectivity index (χ4n) is 3.96. The van der Waals surface area contributed by atoms with Gasteiger partial charge in [0, 0.05) is 29.4 Å². The number of nitrogens with zero attached hydrogens (tertiary/aromatic N) is 2. The van der Waals surface area contributed by atoms with Crippen molar-refractivity contribution in [2.24, 2.45) is 0 Å². The van der Waals surface area contributed by atoms with Crippen LogP contribution < -0.4 is 14.5 Å². The first-order valence-electron chi connectivity index (χ1n) is 11.3. The Balaban J connectivity index is 1.55. The number of amides is 1. The number of thioether (sulfide) groups is 1. The van der Waals surface area contributed by atoms with Crippen LogP contribution >= 0.6 is 11.8 Å². The number of hydrogen-bond acceptors (Lipinski definition) is 5. The summed E-state index contributed by atoms with van der Waals surface area (Å²) in [6.45, 7) is 3.70. The van der Waals surface area contributed by atoms with Crippen molar-refractivity contribution in [3.63, 3.8) is 0 Å². The molecular weight excluding hydrogens is 466 g/mol. The molecule has 0 bridgehead atoms. The molecule has 34 heavy (non-hydrogen) atoms. The number of benzene rings is 3. The molecule has 1 aliphatic heterocycles. The van der Waals surface area contributed by atoms with Gasteiger partial charge in [-0.3, -0.25) is 9.10 Å². The van der Waals surface area contributed by atoms with Crippen LogP contribution in [0.5, 0.6) is 0 Å². The van der Waals surface area contributed by atoms with E-state index in [0.717, 1.165) is 33.5 Å². The molecule has 3 aromatic carbocycles. The molecule has 1 amide bonds. The Morgan fingerprint density at radius 2 is 1.56 bits per heavy atom. The maximum atomic E-state index is 13.5. The lowest BCUT2D eigenvalue weighted by Crippen LogP contribution is -2.38. The summed E-state index contributed by atoms with van der Waals surface area (Å²) in [6.07, 6.45) is 4.33. The molecule has 6 nitrogen and oxygen atoms in total. The normalized spacial score (nSPS) is 13.6. The zero-order valence-corrected chi connectivity index (χ0v) is 21.0. The van der Waals surface area contributed by atoms with Crippen LogP contribution in [0.3, 0.4) is 0 Å². The molecule has 0 aliphatic carbocycles. The molecular formula is C26H29N3O3S2. The molecule has 0 radical (unpaired) electrons. The minimum atomic E-state index is -3.94. The van der Waals surface area contributed by atoms with E-state index in [0.29, 0.717) is 11.4 Å². The van der Waals surface area contributed by atoms with Gasteiger partial charge in [-0.2, -0.15) is 0 Å². The van der Waals surface area contributed by atoms with E-state index < -0.39 is 15.9 Å². The summed E-state index contributed by atoms with van der Waals surface area (Å²) < 4.78 is 28.2. The Morgan fingerprint density at radius 1 is 0.941 bits per heavy atom. The highest BCUT2D eigenvalue weighted by Gasteiger charge is 2.27. The molecule has 1 aliphatic rings. The number of anilines is 3. The average Bonchev–Trinajstić information content (AvgIpc) is 3.39. The van der Waals surface area contributed by atoms with Crippen molar-refractivity contribution >= 4 is 44.8 Å². The highest BCUT2D eigenvalue weighted by atomic mass is 32.2. The number of aryl methyl sites for hydroxylation is 1. The average molecular weight is 496 g/mol. The van der Waals surface area contributed by atoms with Gasteiger partial charge < -0.3 is 10.2 Å². The minimum Gasteiger partial charge on any atom is -0.372 e. The van der Waals surface area contributed by atoms with Crippen LogP contribution in [-0.4, -0.2) is 40.2 Å². The summed E-state index contributed by atoms with van der Waals surface area (Å²) in [4.78, 5) is 16.4. The third-order valence-electron chi connectivity index (χ3n) is 5.88. The molecule has 1 fully saturated rings.